The van der Waals surface area contributed by atoms with E-state index in [0.29, 0.717) is 25.4 Å². The Balaban J connectivity index is 1.69. The number of benzene rings is 1. The van der Waals surface area contributed by atoms with Gasteiger partial charge >= 0.3 is 0 Å². The van der Waals surface area contributed by atoms with Gasteiger partial charge in [0.25, 0.3) is 0 Å². The summed E-state index contributed by atoms with van der Waals surface area (Å²) in [6, 6.07) is 7.84. The first kappa shape index (κ1) is 14.1. The van der Waals surface area contributed by atoms with Crippen LogP contribution in [-0.4, -0.2) is 52.8 Å². The van der Waals surface area contributed by atoms with Crippen LogP contribution in [0, 0.1) is 0 Å². The summed E-state index contributed by atoms with van der Waals surface area (Å²) in [6.45, 7) is 2.98. The molecule has 0 spiro atoms. The van der Waals surface area contributed by atoms with Crippen molar-refractivity contribution in [3.05, 3.63) is 30.5 Å². The second-order valence-electron chi connectivity index (χ2n) is 5.02. The van der Waals surface area contributed by atoms with Gasteiger partial charge in [0.2, 0.25) is 5.91 Å². The van der Waals surface area contributed by atoms with Crippen LogP contribution >= 0.6 is 11.6 Å². The molecule has 2 aromatic rings. The Labute approximate surface area is 128 Å². The van der Waals surface area contributed by atoms with Crippen molar-refractivity contribution in [3.8, 4) is 0 Å². The van der Waals surface area contributed by atoms with Crippen molar-refractivity contribution in [2.45, 2.75) is 6.42 Å². The third-order valence-electron chi connectivity index (χ3n) is 3.70. The minimum absolute atomic E-state index is 0.134. The standard InChI is InChI=1S/C15H17ClN4O/c16-6-5-15(21)20-9-7-19(8-10-20)14-11-17-12-3-1-2-4-13(12)18-14/h1-4,11H,5-10H2. The number of nitrogens with zero attached hydrogens (tertiary/aromatic N) is 4. The number of anilines is 1. The van der Waals surface area contributed by atoms with Crippen molar-refractivity contribution in [3.63, 3.8) is 0 Å². The number of para-hydroxylation sites is 2. The predicted octanol–water partition coefficient (Wildman–Crippen LogP) is 1.91. The zero-order chi connectivity index (χ0) is 14.7. The average Bonchev–Trinajstić information content (AvgIpc) is 2.55. The molecular formula is C15H17ClN4O. The lowest BCUT2D eigenvalue weighted by atomic mass is 10.2. The quantitative estimate of drug-likeness (QED) is 0.813. The fraction of sp³-hybridized carbons (Fsp3) is 0.400. The van der Waals surface area contributed by atoms with Crippen molar-refractivity contribution >= 4 is 34.4 Å². The van der Waals surface area contributed by atoms with Gasteiger partial charge < -0.3 is 9.80 Å². The SMILES string of the molecule is O=C(CCCl)N1CCN(c2cnc3ccccc3n2)CC1. The number of hydrogen-bond donors (Lipinski definition) is 0. The van der Waals surface area contributed by atoms with E-state index >= 15 is 0 Å². The molecule has 3 rings (SSSR count). The van der Waals surface area contributed by atoms with Crippen LogP contribution in [0.15, 0.2) is 30.5 Å². The summed E-state index contributed by atoms with van der Waals surface area (Å²) in [5.41, 5.74) is 1.80. The number of alkyl halides is 1. The van der Waals surface area contributed by atoms with Gasteiger partial charge in [0.15, 0.2) is 0 Å². The number of halogens is 1. The van der Waals surface area contributed by atoms with Crippen LogP contribution in [0.1, 0.15) is 6.42 Å². The van der Waals surface area contributed by atoms with Crippen LogP contribution in [0.3, 0.4) is 0 Å². The molecule has 0 atom stereocenters. The van der Waals surface area contributed by atoms with E-state index in [0.717, 1.165) is 29.9 Å². The van der Waals surface area contributed by atoms with Gasteiger partial charge in [0, 0.05) is 38.5 Å². The zero-order valence-electron chi connectivity index (χ0n) is 11.7. The molecule has 5 nitrogen and oxygen atoms in total. The molecule has 1 aliphatic heterocycles. The lowest BCUT2D eigenvalue weighted by Crippen LogP contribution is -2.49. The molecule has 1 saturated heterocycles. The van der Waals surface area contributed by atoms with E-state index < -0.39 is 0 Å². The van der Waals surface area contributed by atoms with E-state index in [2.05, 4.69) is 14.9 Å². The number of carbonyl (C=O) groups is 1. The van der Waals surface area contributed by atoms with E-state index in [-0.39, 0.29) is 5.91 Å². The number of hydrogen-bond acceptors (Lipinski definition) is 4. The molecule has 2 heterocycles. The minimum atomic E-state index is 0.134. The summed E-state index contributed by atoms with van der Waals surface area (Å²) < 4.78 is 0. The molecule has 1 aliphatic rings. The van der Waals surface area contributed by atoms with Crippen LogP contribution in [-0.2, 0) is 4.79 Å². The summed E-state index contributed by atoms with van der Waals surface area (Å²) in [4.78, 5) is 24.9. The normalized spacial score (nSPS) is 15.5. The smallest absolute Gasteiger partial charge is 0.223 e. The number of fused-ring (bicyclic) bond motifs is 1. The molecule has 1 amide bonds. The second kappa shape index (κ2) is 6.26. The monoisotopic (exact) mass is 304 g/mol. The first-order valence-corrected chi connectivity index (χ1v) is 7.62. The highest BCUT2D eigenvalue weighted by Gasteiger charge is 2.21. The highest BCUT2D eigenvalue weighted by Crippen LogP contribution is 2.17. The Kier molecular flexibility index (Phi) is 4.20. The van der Waals surface area contributed by atoms with Crippen LogP contribution in [0.25, 0.3) is 11.0 Å². The molecule has 1 aromatic heterocycles. The van der Waals surface area contributed by atoms with E-state index in [9.17, 15) is 4.79 Å². The topological polar surface area (TPSA) is 49.3 Å². The molecule has 0 saturated carbocycles. The van der Waals surface area contributed by atoms with Gasteiger partial charge in [0.1, 0.15) is 5.82 Å². The number of rotatable bonds is 3. The van der Waals surface area contributed by atoms with Gasteiger partial charge in [-0.05, 0) is 12.1 Å². The minimum Gasteiger partial charge on any atom is -0.352 e. The summed E-state index contributed by atoms with van der Waals surface area (Å²) in [5, 5.41) is 0. The lowest BCUT2D eigenvalue weighted by molar-refractivity contribution is -0.131. The maximum Gasteiger partial charge on any atom is 0.223 e. The molecule has 110 valence electrons. The molecule has 0 unspecified atom stereocenters. The van der Waals surface area contributed by atoms with Crippen molar-refractivity contribution in [2.24, 2.45) is 0 Å². The second-order valence-corrected chi connectivity index (χ2v) is 5.40. The lowest BCUT2D eigenvalue weighted by Gasteiger charge is -2.35. The van der Waals surface area contributed by atoms with Gasteiger partial charge in [-0.25, -0.2) is 4.98 Å². The molecule has 0 bridgehead atoms. The number of carbonyl (C=O) groups excluding carboxylic acids is 1. The molecule has 0 aliphatic carbocycles. The van der Waals surface area contributed by atoms with E-state index in [1.807, 2.05) is 29.2 Å². The van der Waals surface area contributed by atoms with Gasteiger partial charge in [-0.2, -0.15) is 0 Å². The largest absolute Gasteiger partial charge is 0.352 e. The van der Waals surface area contributed by atoms with Crippen molar-refractivity contribution in [1.82, 2.24) is 14.9 Å². The average molecular weight is 305 g/mol. The van der Waals surface area contributed by atoms with Crippen molar-refractivity contribution < 1.29 is 4.79 Å². The fourth-order valence-electron chi connectivity index (χ4n) is 2.52. The molecule has 0 radical (unpaired) electrons. The Morgan fingerprint density at radius 2 is 1.86 bits per heavy atom. The van der Waals surface area contributed by atoms with Gasteiger partial charge in [-0.15, -0.1) is 11.6 Å². The highest BCUT2D eigenvalue weighted by molar-refractivity contribution is 6.18. The van der Waals surface area contributed by atoms with Gasteiger partial charge in [0.05, 0.1) is 17.2 Å². The van der Waals surface area contributed by atoms with E-state index in [1.165, 1.54) is 0 Å². The third kappa shape index (κ3) is 3.08. The zero-order valence-corrected chi connectivity index (χ0v) is 12.5. The summed E-state index contributed by atoms with van der Waals surface area (Å²) in [7, 11) is 0. The Morgan fingerprint density at radius 3 is 2.57 bits per heavy atom. The molecular weight excluding hydrogens is 288 g/mol. The number of aromatic nitrogens is 2. The van der Waals surface area contributed by atoms with E-state index in [1.54, 1.807) is 6.20 Å². The third-order valence-corrected chi connectivity index (χ3v) is 3.89. The molecule has 0 N–H and O–H groups in total. The molecule has 6 heteroatoms. The summed E-state index contributed by atoms with van der Waals surface area (Å²) in [5.74, 6) is 1.39. The maximum atomic E-state index is 11.8. The Hall–Kier alpha value is -1.88. The molecule has 1 fully saturated rings. The predicted molar refractivity (Wildman–Crippen MR) is 83.7 cm³/mol. The molecule has 1 aromatic carbocycles. The Morgan fingerprint density at radius 1 is 1.14 bits per heavy atom. The first-order valence-electron chi connectivity index (χ1n) is 7.08. The van der Waals surface area contributed by atoms with Crippen LogP contribution < -0.4 is 4.90 Å². The molecule has 21 heavy (non-hydrogen) atoms. The highest BCUT2D eigenvalue weighted by atomic mass is 35.5. The maximum absolute atomic E-state index is 11.8. The first-order chi connectivity index (χ1) is 10.3. The van der Waals surface area contributed by atoms with Crippen LogP contribution in [0.5, 0.6) is 0 Å². The summed E-state index contributed by atoms with van der Waals surface area (Å²) >= 11 is 5.62. The van der Waals surface area contributed by atoms with Gasteiger partial charge in [-0.1, -0.05) is 12.1 Å². The number of piperazine rings is 1. The summed E-state index contributed by atoms with van der Waals surface area (Å²) in [6.07, 6.45) is 2.22. The van der Waals surface area contributed by atoms with Crippen molar-refractivity contribution in [1.29, 1.82) is 0 Å². The van der Waals surface area contributed by atoms with Crippen LogP contribution in [0.4, 0.5) is 5.82 Å². The van der Waals surface area contributed by atoms with Crippen molar-refractivity contribution in [2.75, 3.05) is 37.0 Å². The Bertz CT molecular complexity index is 640. The van der Waals surface area contributed by atoms with Crippen LogP contribution in [0.2, 0.25) is 0 Å². The fourth-order valence-corrected chi connectivity index (χ4v) is 2.69. The van der Waals surface area contributed by atoms with E-state index in [4.69, 9.17) is 11.6 Å². The number of amides is 1. The van der Waals surface area contributed by atoms with Gasteiger partial charge in [-0.3, -0.25) is 9.78 Å².